The molecular formula is C31H68O12P4. The van der Waals surface area contributed by atoms with Crippen LogP contribution < -0.4 is 0 Å². The van der Waals surface area contributed by atoms with Crippen LogP contribution in [0.2, 0.25) is 0 Å². The van der Waals surface area contributed by atoms with Gasteiger partial charge >= 0.3 is 30.4 Å². The Balaban J connectivity index is 5.75. The van der Waals surface area contributed by atoms with Crippen LogP contribution in [0.5, 0.6) is 0 Å². The first-order chi connectivity index (χ1) is 22.2. The summed E-state index contributed by atoms with van der Waals surface area (Å²) < 4.78 is 99.6. The molecule has 0 bridgehead atoms. The molecule has 0 heterocycles. The molecule has 0 radical (unpaired) electrons. The molecule has 4 unspecified atom stereocenters. The van der Waals surface area contributed by atoms with Gasteiger partial charge in [0.25, 0.3) is 0 Å². The fourth-order valence-electron chi connectivity index (χ4n) is 5.56. The summed E-state index contributed by atoms with van der Waals surface area (Å²) in [6, 6.07) is 0. The van der Waals surface area contributed by atoms with Gasteiger partial charge in [-0.05, 0) is 93.9 Å². The standard InChI is InChI=1S/C31H68O12P4/c1-11-36-44(32,37-12-2)28(9)24-26-30(46(34,40-15-5)41-16-6)22-20-19-21-23-31(47(35,42-17-7)43-18-8)27-25-29(10)45(33,38-13-3)39-14-4/h28-31H,11-27H2,1-10H3. The minimum absolute atomic E-state index is 0.253. The van der Waals surface area contributed by atoms with Crippen molar-refractivity contribution in [3.8, 4) is 0 Å². The predicted molar refractivity (Wildman–Crippen MR) is 191 cm³/mol. The molecule has 12 nitrogen and oxygen atoms in total. The third kappa shape index (κ3) is 16.7. The van der Waals surface area contributed by atoms with Crippen molar-refractivity contribution in [2.75, 3.05) is 52.9 Å². The minimum atomic E-state index is -3.44. The first kappa shape index (κ1) is 47.6. The third-order valence-electron chi connectivity index (χ3n) is 7.86. The van der Waals surface area contributed by atoms with Gasteiger partial charge in [-0.15, -0.1) is 0 Å². The van der Waals surface area contributed by atoms with Crippen molar-refractivity contribution in [1.29, 1.82) is 0 Å². The third-order valence-corrected chi connectivity index (χ3v) is 18.3. The van der Waals surface area contributed by atoms with Crippen molar-refractivity contribution < 1.29 is 54.5 Å². The molecular weight excluding hydrogens is 688 g/mol. The van der Waals surface area contributed by atoms with E-state index in [0.717, 1.165) is 19.3 Å². The minimum Gasteiger partial charge on any atom is -0.309 e. The van der Waals surface area contributed by atoms with Crippen LogP contribution in [0, 0.1) is 0 Å². The van der Waals surface area contributed by atoms with Crippen molar-refractivity contribution in [3.05, 3.63) is 0 Å². The number of hydrogen-bond acceptors (Lipinski definition) is 12. The fourth-order valence-corrected chi connectivity index (χ4v) is 13.5. The van der Waals surface area contributed by atoms with E-state index in [9.17, 15) is 18.3 Å². The summed E-state index contributed by atoms with van der Waals surface area (Å²) in [4.78, 5) is 0. The van der Waals surface area contributed by atoms with E-state index in [1.807, 2.05) is 13.8 Å². The van der Waals surface area contributed by atoms with Gasteiger partial charge in [-0.25, -0.2) is 0 Å². The van der Waals surface area contributed by atoms with E-state index >= 15 is 0 Å². The van der Waals surface area contributed by atoms with Crippen LogP contribution in [0.15, 0.2) is 0 Å². The lowest BCUT2D eigenvalue weighted by molar-refractivity contribution is 0.202. The summed E-state index contributed by atoms with van der Waals surface area (Å²) >= 11 is 0. The van der Waals surface area contributed by atoms with Crippen LogP contribution in [-0.2, 0) is 54.5 Å². The SMILES string of the molecule is CCOP(=O)(OCC)C(C)CCC(CCCCCC(CCC(C)P(=O)(OCC)OCC)P(=O)(OCC)OCC)P(=O)(OCC)OCC. The lowest BCUT2D eigenvalue weighted by Crippen LogP contribution is -2.18. The fraction of sp³-hybridized carbons (Fsp3) is 1.00. The van der Waals surface area contributed by atoms with Crippen LogP contribution in [0.1, 0.15) is 127 Å². The average molecular weight is 757 g/mol. The smallest absolute Gasteiger partial charge is 0.309 e. The molecule has 284 valence electrons. The highest BCUT2D eigenvalue weighted by Crippen LogP contribution is 2.60. The zero-order valence-corrected chi connectivity index (χ0v) is 34.6. The van der Waals surface area contributed by atoms with Gasteiger partial charge < -0.3 is 36.2 Å². The van der Waals surface area contributed by atoms with Gasteiger partial charge in [0.05, 0.1) is 75.5 Å². The monoisotopic (exact) mass is 756 g/mol. The first-order valence-corrected chi connectivity index (χ1v) is 24.2. The van der Waals surface area contributed by atoms with Crippen LogP contribution >= 0.6 is 30.4 Å². The van der Waals surface area contributed by atoms with Gasteiger partial charge in [0.15, 0.2) is 0 Å². The largest absolute Gasteiger partial charge is 0.333 e. The Kier molecular flexibility index (Phi) is 25.9. The van der Waals surface area contributed by atoms with Crippen molar-refractivity contribution in [3.63, 3.8) is 0 Å². The van der Waals surface area contributed by atoms with E-state index in [1.54, 1.807) is 55.4 Å². The maximum absolute atomic E-state index is 13.9. The lowest BCUT2D eigenvalue weighted by atomic mass is 10.0. The van der Waals surface area contributed by atoms with E-state index in [4.69, 9.17) is 36.2 Å². The molecule has 16 heteroatoms. The Morgan fingerprint density at radius 3 is 0.809 bits per heavy atom. The molecule has 0 saturated carbocycles. The molecule has 0 aromatic heterocycles. The Labute approximate surface area is 286 Å². The zero-order valence-electron chi connectivity index (χ0n) is 31.0. The highest BCUT2D eigenvalue weighted by molar-refractivity contribution is 7.55. The van der Waals surface area contributed by atoms with Gasteiger partial charge in [-0.1, -0.05) is 33.1 Å². The maximum Gasteiger partial charge on any atom is 0.333 e. The normalized spacial score (nSPS) is 15.9. The number of rotatable bonds is 32. The second-order valence-corrected chi connectivity index (χ2v) is 20.9. The zero-order chi connectivity index (χ0) is 36.0. The summed E-state index contributed by atoms with van der Waals surface area (Å²) in [7, 11) is -13.5. The molecule has 0 aromatic rings. The summed E-state index contributed by atoms with van der Waals surface area (Å²) in [5, 5.41) is 0. The Bertz CT molecular complexity index is 882. The summed E-state index contributed by atoms with van der Waals surface area (Å²) in [6.07, 6.45) is 5.33. The Morgan fingerprint density at radius 2 is 0.574 bits per heavy atom. The van der Waals surface area contributed by atoms with Gasteiger partial charge in [-0.2, -0.15) is 0 Å². The number of unbranched alkanes of at least 4 members (excludes halogenated alkanes) is 2. The Morgan fingerprint density at radius 1 is 0.340 bits per heavy atom. The molecule has 0 amide bonds. The molecule has 0 rings (SSSR count). The van der Waals surface area contributed by atoms with Crippen LogP contribution in [-0.4, -0.2) is 75.5 Å². The molecule has 0 N–H and O–H groups in total. The highest BCUT2D eigenvalue weighted by atomic mass is 31.2. The van der Waals surface area contributed by atoms with Crippen LogP contribution in [0.25, 0.3) is 0 Å². The van der Waals surface area contributed by atoms with Crippen LogP contribution in [0.4, 0.5) is 0 Å². The summed E-state index contributed by atoms with van der Waals surface area (Å²) in [5.74, 6) is 0. The van der Waals surface area contributed by atoms with E-state index in [0.29, 0.717) is 38.5 Å². The van der Waals surface area contributed by atoms with Crippen molar-refractivity contribution in [1.82, 2.24) is 0 Å². The van der Waals surface area contributed by atoms with E-state index in [-0.39, 0.29) is 75.5 Å². The molecule has 0 aliphatic heterocycles. The molecule has 47 heavy (non-hydrogen) atoms. The molecule has 0 aliphatic rings. The van der Waals surface area contributed by atoms with Gasteiger partial charge in [-0.3, -0.25) is 18.3 Å². The van der Waals surface area contributed by atoms with Gasteiger partial charge in [0.1, 0.15) is 0 Å². The molecule has 0 spiro atoms. The molecule has 0 fully saturated rings. The summed E-state index contributed by atoms with van der Waals surface area (Å²) in [5.41, 5.74) is -1.53. The van der Waals surface area contributed by atoms with Crippen molar-refractivity contribution in [2.45, 2.75) is 150 Å². The van der Waals surface area contributed by atoms with E-state index < -0.39 is 30.4 Å². The topological polar surface area (TPSA) is 142 Å². The van der Waals surface area contributed by atoms with E-state index in [1.165, 1.54) is 0 Å². The van der Waals surface area contributed by atoms with Crippen molar-refractivity contribution in [2.24, 2.45) is 0 Å². The first-order valence-electron chi connectivity index (χ1n) is 17.8. The quantitative estimate of drug-likeness (QED) is 0.0476. The second kappa shape index (κ2) is 25.5. The molecule has 0 saturated heterocycles. The van der Waals surface area contributed by atoms with E-state index in [2.05, 4.69) is 0 Å². The van der Waals surface area contributed by atoms with Crippen LogP contribution in [0.3, 0.4) is 0 Å². The maximum atomic E-state index is 13.9. The summed E-state index contributed by atoms with van der Waals surface area (Å²) in [6.45, 7) is 20.1. The molecule has 0 aliphatic carbocycles. The highest BCUT2D eigenvalue weighted by Gasteiger charge is 2.40. The second-order valence-electron chi connectivity index (χ2n) is 11.3. The predicted octanol–water partition coefficient (Wildman–Crippen LogP) is 11.1. The Hall–Kier alpha value is 0.600. The van der Waals surface area contributed by atoms with Gasteiger partial charge in [0.2, 0.25) is 0 Å². The van der Waals surface area contributed by atoms with Crippen molar-refractivity contribution >= 4 is 30.4 Å². The number of hydrogen-bond donors (Lipinski definition) is 0. The average Bonchev–Trinajstić information content (AvgIpc) is 3.00. The molecule has 4 atom stereocenters. The van der Waals surface area contributed by atoms with Gasteiger partial charge in [0, 0.05) is 0 Å². The lowest BCUT2D eigenvalue weighted by Gasteiger charge is -2.29. The molecule has 0 aromatic carbocycles.